The third-order valence-corrected chi connectivity index (χ3v) is 4.58. The second kappa shape index (κ2) is 5.02. The number of aromatic amines is 1. The van der Waals surface area contributed by atoms with Gasteiger partial charge in [-0.15, -0.1) is 0 Å². The molecule has 2 aliphatic heterocycles. The molecular formula is C15H19N5O. The van der Waals surface area contributed by atoms with Crippen LogP contribution in [0, 0.1) is 0 Å². The first kappa shape index (κ1) is 12.6. The number of nitrogens with one attached hydrogen (secondary N) is 1. The number of fused-ring (bicyclic) bond motifs is 1. The number of carbonyl (C=O) groups excluding carboxylic acids is 1. The van der Waals surface area contributed by atoms with Gasteiger partial charge in [0.05, 0.1) is 5.39 Å². The minimum atomic E-state index is 0.316. The fourth-order valence-electron chi connectivity index (χ4n) is 3.57. The number of H-pyrrole nitrogens is 1. The fraction of sp³-hybridized carbons (Fsp3) is 0.533. The second-order valence-electron chi connectivity index (χ2n) is 5.87. The van der Waals surface area contributed by atoms with E-state index in [1.54, 1.807) is 6.33 Å². The summed E-state index contributed by atoms with van der Waals surface area (Å²) >= 11 is 0. The number of nitrogens with zero attached hydrogens (tertiary/aromatic N) is 4. The van der Waals surface area contributed by atoms with E-state index < -0.39 is 0 Å². The predicted octanol–water partition coefficient (Wildman–Crippen LogP) is 1.55. The number of amides is 1. The molecule has 6 heteroatoms. The quantitative estimate of drug-likeness (QED) is 0.909. The first-order valence-electron chi connectivity index (χ1n) is 7.65. The first-order valence-corrected chi connectivity index (χ1v) is 7.65. The largest absolute Gasteiger partial charge is 0.354 e. The summed E-state index contributed by atoms with van der Waals surface area (Å²) in [5, 5.41) is 1.06. The summed E-state index contributed by atoms with van der Waals surface area (Å²) in [6.07, 6.45) is 7.43. The molecule has 2 fully saturated rings. The van der Waals surface area contributed by atoms with E-state index in [-0.39, 0.29) is 0 Å². The van der Waals surface area contributed by atoms with Crippen LogP contribution in [-0.4, -0.2) is 51.4 Å². The minimum Gasteiger partial charge on any atom is -0.354 e. The number of piperidine rings is 1. The van der Waals surface area contributed by atoms with Gasteiger partial charge >= 0.3 is 0 Å². The molecule has 6 nitrogen and oxygen atoms in total. The molecule has 0 radical (unpaired) electrons. The van der Waals surface area contributed by atoms with E-state index in [1.165, 1.54) is 0 Å². The van der Waals surface area contributed by atoms with Gasteiger partial charge in [-0.25, -0.2) is 9.97 Å². The lowest BCUT2D eigenvalue weighted by atomic mass is 10.0. The fourth-order valence-corrected chi connectivity index (χ4v) is 3.57. The van der Waals surface area contributed by atoms with Crippen LogP contribution in [0.5, 0.6) is 0 Å². The average Bonchev–Trinajstić information content (AvgIpc) is 3.15. The van der Waals surface area contributed by atoms with Crippen LogP contribution in [-0.2, 0) is 4.79 Å². The lowest BCUT2D eigenvalue weighted by Crippen LogP contribution is -2.48. The van der Waals surface area contributed by atoms with Gasteiger partial charge in [-0.1, -0.05) is 0 Å². The zero-order valence-electron chi connectivity index (χ0n) is 12.0. The molecule has 2 saturated heterocycles. The number of anilines is 1. The number of hydrogen-bond acceptors (Lipinski definition) is 4. The normalized spacial score (nSPS) is 23.2. The zero-order valence-corrected chi connectivity index (χ0v) is 12.0. The van der Waals surface area contributed by atoms with Gasteiger partial charge in [0.25, 0.3) is 0 Å². The van der Waals surface area contributed by atoms with Gasteiger partial charge in [0.15, 0.2) is 0 Å². The van der Waals surface area contributed by atoms with Gasteiger partial charge in [-0.2, -0.15) is 0 Å². The van der Waals surface area contributed by atoms with E-state index in [4.69, 9.17) is 0 Å². The highest BCUT2D eigenvalue weighted by molar-refractivity contribution is 5.87. The smallest absolute Gasteiger partial charge is 0.222 e. The summed E-state index contributed by atoms with van der Waals surface area (Å²) < 4.78 is 0. The Morgan fingerprint density at radius 1 is 1.24 bits per heavy atom. The third kappa shape index (κ3) is 2.14. The SMILES string of the molecule is O=C1CCCN1[C@H]1CCCN(c2ncnc3[nH]ccc23)C1. The maximum Gasteiger partial charge on any atom is 0.222 e. The highest BCUT2D eigenvalue weighted by atomic mass is 16.2. The van der Waals surface area contributed by atoms with Crippen LogP contribution in [0.4, 0.5) is 5.82 Å². The van der Waals surface area contributed by atoms with E-state index in [0.717, 1.165) is 55.7 Å². The van der Waals surface area contributed by atoms with Gasteiger partial charge in [-0.3, -0.25) is 4.79 Å². The Balaban J connectivity index is 1.60. The lowest BCUT2D eigenvalue weighted by Gasteiger charge is -2.38. The topological polar surface area (TPSA) is 65.1 Å². The summed E-state index contributed by atoms with van der Waals surface area (Å²) in [5.41, 5.74) is 0.874. The molecule has 0 aromatic carbocycles. The van der Waals surface area contributed by atoms with E-state index in [0.29, 0.717) is 18.4 Å². The zero-order chi connectivity index (χ0) is 14.2. The number of aromatic nitrogens is 3. The van der Waals surface area contributed by atoms with E-state index in [1.807, 2.05) is 12.3 Å². The van der Waals surface area contributed by atoms with Crippen molar-refractivity contribution in [2.75, 3.05) is 24.5 Å². The molecule has 2 aromatic rings. The van der Waals surface area contributed by atoms with Crippen molar-refractivity contribution in [3.63, 3.8) is 0 Å². The molecule has 0 unspecified atom stereocenters. The van der Waals surface area contributed by atoms with Crippen molar-refractivity contribution < 1.29 is 4.79 Å². The molecule has 2 aromatic heterocycles. The Kier molecular flexibility index (Phi) is 3.02. The summed E-state index contributed by atoms with van der Waals surface area (Å²) in [5.74, 6) is 1.30. The molecule has 0 bridgehead atoms. The van der Waals surface area contributed by atoms with E-state index >= 15 is 0 Å². The van der Waals surface area contributed by atoms with Crippen LogP contribution < -0.4 is 4.90 Å². The second-order valence-corrected chi connectivity index (χ2v) is 5.87. The Bertz CT molecular complexity index is 667. The van der Waals surface area contributed by atoms with Crippen LogP contribution in [0.1, 0.15) is 25.7 Å². The summed E-state index contributed by atoms with van der Waals surface area (Å²) in [6.45, 7) is 2.79. The summed E-state index contributed by atoms with van der Waals surface area (Å²) in [6, 6.07) is 2.35. The standard InChI is InChI=1S/C15H19N5O/c21-13-4-2-8-20(13)11-3-1-7-19(9-11)15-12-5-6-16-14(12)17-10-18-15/h5-6,10-11H,1-4,7-9H2,(H,16,17,18)/t11-/m0/s1. The molecule has 21 heavy (non-hydrogen) atoms. The van der Waals surface area contributed by atoms with Crippen molar-refractivity contribution in [2.24, 2.45) is 0 Å². The maximum atomic E-state index is 12.0. The van der Waals surface area contributed by atoms with Crippen LogP contribution >= 0.6 is 0 Å². The molecular weight excluding hydrogens is 266 g/mol. The van der Waals surface area contributed by atoms with Gasteiger partial charge in [0, 0.05) is 38.3 Å². The van der Waals surface area contributed by atoms with Crippen molar-refractivity contribution in [1.82, 2.24) is 19.9 Å². The van der Waals surface area contributed by atoms with Crippen molar-refractivity contribution in [3.8, 4) is 0 Å². The first-order chi connectivity index (χ1) is 10.3. The molecule has 4 heterocycles. The Morgan fingerprint density at radius 2 is 2.19 bits per heavy atom. The molecule has 1 N–H and O–H groups in total. The minimum absolute atomic E-state index is 0.316. The van der Waals surface area contributed by atoms with E-state index in [2.05, 4.69) is 24.8 Å². The predicted molar refractivity (Wildman–Crippen MR) is 80.1 cm³/mol. The van der Waals surface area contributed by atoms with Gasteiger partial charge in [0.2, 0.25) is 5.91 Å². The van der Waals surface area contributed by atoms with Crippen molar-refractivity contribution in [2.45, 2.75) is 31.7 Å². The highest BCUT2D eigenvalue weighted by Gasteiger charge is 2.32. The van der Waals surface area contributed by atoms with Crippen LogP contribution in [0.15, 0.2) is 18.6 Å². The molecule has 1 atom stereocenters. The molecule has 1 amide bonds. The van der Waals surface area contributed by atoms with E-state index in [9.17, 15) is 4.79 Å². The Morgan fingerprint density at radius 3 is 3.05 bits per heavy atom. The van der Waals surface area contributed by atoms with Crippen LogP contribution in [0.2, 0.25) is 0 Å². The van der Waals surface area contributed by atoms with Gasteiger partial charge < -0.3 is 14.8 Å². The molecule has 0 spiro atoms. The summed E-state index contributed by atoms with van der Waals surface area (Å²) in [7, 11) is 0. The van der Waals surface area contributed by atoms with Crippen LogP contribution in [0.25, 0.3) is 11.0 Å². The third-order valence-electron chi connectivity index (χ3n) is 4.58. The number of hydrogen-bond donors (Lipinski definition) is 1. The molecule has 0 aliphatic carbocycles. The number of carbonyl (C=O) groups is 1. The highest BCUT2D eigenvalue weighted by Crippen LogP contribution is 2.27. The van der Waals surface area contributed by atoms with Crippen molar-refractivity contribution in [3.05, 3.63) is 18.6 Å². The number of likely N-dealkylation sites (tertiary alicyclic amines) is 1. The monoisotopic (exact) mass is 285 g/mol. The number of rotatable bonds is 2. The molecule has 4 rings (SSSR count). The average molecular weight is 285 g/mol. The van der Waals surface area contributed by atoms with Crippen LogP contribution in [0.3, 0.4) is 0 Å². The van der Waals surface area contributed by atoms with Crippen molar-refractivity contribution in [1.29, 1.82) is 0 Å². The molecule has 0 saturated carbocycles. The van der Waals surface area contributed by atoms with Gasteiger partial charge in [0.1, 0.15) is 17.8 Å². The Hall–Kier alpha value is -2.11. The Labute approximate surface area is 123 Å². The van der Waals surface area contributed by atoms with Gasteiger partial charge in [-0.05, 0) is 25.3 Å². The summed E-state index contributed by atoms with van der Waals surface area (Å²) in [4.78, 5) is 28.2. The lowest BCUT2D eigenvalue weighted by molar-refractivity contribution is -0.129. The molecule has 110 valence electrons. The molecule has 2 aliphatic rings. The van der Waals surface area contributed by atoms with Crippen molar-refractivity contribution >= 4 is 22.8 Å². The maximum absolute atomic E-state index is 12.0.